The van der Waals surface area contributed by atoms with Crippen molar-refractivity contribution in [1.29, 1.82) is 0 Å². The molecule has 0 saturated carbocycles. The maximum atomic E-state index is 11.7. The fourth-order valence-electron chi connectivity index (χ4n) is 5.78. The van der Waals surface area contributed by atoms with Gasteiger partial charge in [0, 0.05) is 12.0 Å². The molecule has 6 N–H and O–H groups in total. The molecule has 2 aromatic rings. The second-order valence-electron chi connectivity index (χ2n) is 11.8. The highest BCUT2D eigenvalue weighted by molar-refractivity contribution is 6.11. The molecule has 0 radical (unpaired) electrons. The van der Waals surface area contributed by atoms with Gasteiger partial charge in [-0.3, -0.25) is 14.4 Å². The van der Waals surface area contributed by atoms with Gasteiger partial charge in [-0.05, 0) is 60.1 Å². The molecule has 1 atom stereocenters. The summed E-state index contributed by atoms with van der Waals surface area (Å²) >= 11 is 0. The van der Waals surface area contributed by atoms with Gasteiger partial charge in [0.2, 0.25) is 17.7 Å². The molecule has 3 amide bonds. The van der Waals surface area contributed by atoms with Crippen molar-refractivity contribution in [2.75, 3.05) is 0 Å². The van der Waals surface area contributed by atoms with E-state index >= 15 is 0 Å². The average molecular weight is 590 g/mol. The van der Waals surface area contributed by atoms with Gasteiger partial charge < -0.3 is 17.2 Å². The summed E-state index contributed by atoms with van der Waals surface area (Å²) in [5.41, 5.74) is 17.8. The third-order valence-electron chi connectivity index (χ3n) is 8.16. The SMILES string of the molecule is CCCCCCCC/C=C\CCCCCCCCCCCC(N)=O.NC(=O)C1=Cc2cccc3cccc(c23)C1C(N)=O. The smallest absolute Gasteiger partial charge is 0.245 e. The van der Waals surface area contributed by atoms with Gasteiger partial charge in [-0.2, -0.15) is 0 Å². The molecule has 0 heterocycles. The van der Waals surface area contributed by atoms with Crippen molar-refractivity contribution in [3.63, 3.8) is 0 Å². The minimum atomic E-state index is -0.768. The summed E-state index contributed by atoms with van der Waals surface area (Å²) in [6.45, 7) is 2.28. The lowest BCUT2D eigenvalue weighted by Gasteiger charge is -2.23. The number of primary amides is 3. The lowest BCUT2D eigenvalue weighted by Crippen LogP contribution is -2.30. The second-order valence-corrected chi connectivity index (χ2v) is 11.8. The van der Waals surface area contributed by atoms with E-state index in [2.05, 4.69) is 19.1 Å². The number of allylic oxidation sites excluding steroid dienone is 2. The van der Waals surface area contributed by atoms with E-state index in [0.717, 1.165) is 34.7 Å². The molecule has 0 aromatic heterocycles. The topological polar surface area (TPSA) is 129 Å². The normalized spacial score (nSPS) is 13.9. The summed E-state index contributed by atoms with van der Waals surface area (Å²) in [5.74, 6) is -2.10. The number of carbonyl (C=O) groups is 3. The Morgan fingerprint density at radius 2 is 1.19 bits per heavy atom. The summed E-state index contributed by atoms with van der Waals surface area (Å²) in [7, 11) is 0. The quantitative estimate of drug-likeness (QED) is 0.0999. The second kappa shape index (κ2) is 21.3. The molecule has 236 valence electrons. The predicted molar refractivity (Wildman–Crippen MR) is 180 cm³/mol. The zero-order chi connectivity index (χ0) is 31.3. The number of amides is 3. The number of nitrogens with two attached hydrogens (primary N) is 3. The molecule has 0 saturated heterocycles. The van der Waals surface area contributed by atoms with Crippen LogP contribution in [0, 0.1) is 0 Å². The first-order valence-electron chi connectivity index (χ1n) is 16.6. The zero-order valence-corrected chi connectivity index (χ0v) is 26.5. The molecular weight excluding hydrogens is 534 g/mol. The van der Waals surface area contributed by atoms with Gasteiger partial charge in [0.25, 0.3) is 0 Å². The molecule has 6 nitrogen and oxygen atoms in total. The number of benzene rings is 2. The highest BCUT2D eigenvalue weighted by atomic mass is 16.2. The van der Waals surface area contributed by atoms with Crippen LogP contribution in [0.25, 0.3) is 16.8 Å². The highest BCUT2D eigenvalue weighted by Gasteiger charge is 2.31. The van der Waals surface area contributed by atoms with Crippen LogP contribution >= 0.6 is 0 Å². The lowest BCUT2D eigenvalue weighted by atomic mass is 9.80. The van der Waals surface area contributed by atoms with Gasteiger partial charge in [-0.25, -0.2) is 0 Å². The van der Waals surface area contributed by atoms with Crippen molar-refractivity contribution >= 4 is 34.6 Å². The molecule has 0 aliphatic heterocycles. The first kappa shape index (κ1) is 35.8. The molecule has 1 aliphatic carbocycles. The predicted octanol–water partition coefficient (Wildman–Crippen LogP) is 8.36. The first-order chi connectivity index (χ1) is 20.9. The first-order valence-corrected chi connectivity index (χ1v) is 16.6. The number of rotatable bonds is 21. The Hall–Kier alpha value is -3.41. The third kappa shape index (κ3) is 13.6. The summed E-state index contributed by atoms with van der Waals surface area (Å²) < 4.78 is 0. The van der Waals surface area contributed by atoms with Crippen LogP contribution in [-0.2, 0) is 14.4 Å². The minimum absolute atomic E-state index is 0.156. The molecule has 1 aliphatic rings. The molecule has 0 bridgehead atoms. The summed E-state index contributed by atoms with van der Waals surface area (Å²) in [5, 5.41) is 1.97. The Kier molecular flexibility index (Phi) is 17.7. The summed E-state index contributed by atoms with van der Waals surface area (Å²) in [4.78, 5) is 33.8. The number of hydrogen-bond acceptors (Lipinski definition) is 3. The van der Waals surface area contributed by atoms with Crippen LogP contribution in [0.5, 0.6) is 0 Å². The van der Waals surface area contributed by atoms with Crippen LogP contribution in [0.4, 0.5) is 0 Å². The van der Waals surface area contributed by atoms with E-state index in [1.807, 2.05) is 36.4 Å². The van der Waals surface area contributed by atoms with E-state index in [0.29, 0.717) is 6.42 Å². The largest absolute Gasteiger partial charge is 0.370 e. The lowest BCUT2D eigenvalue weighted by molar-refractivity contribution is -0.121. The van der Waals surface area contributed by atoms with E-state index in [1.54, 1.807) is 6.08 Å². The van der Waals surface area contributed by atoms with E-state index in [4.69, 9.17) is 17.2 Å². The Balaban J connectivity index is 0.000000306. The monoisotopic (exact) mass is 589 g/mol. The maximum absolute atomic E-state index is 11.7. The van der Waals surface area contributed by atoms with Crippen LogP contribution in [-0.4, -0.2) is 17.7 Å². The summed E-state index contributed by atoms with van der Waals surface area (Å²) in [6.07, 6.45) is 29.5. The van der Waals surface area contributed by atoms with E-state index in [9.17, 15) is 14.4 Å². The zero-order valence-electron chi connectivity index (χ0n) is 26.5. The van der Waals surface area contributed by atoms with E-state index in [1.165, 1.54) is 96.3 Å². The molecular formula is C37H55N3O3. The number of unbranched alkanes of at least 4 members (excludes halogenated alkanes) is 15. The minimum Gasteiger partial charge on any atom is -0.370 e. The molecule has 0 spiro atoms. The van der Waals surface area contributed by atoms with Gasteiger partial charge in [0.05, 0.1) is 5.92 Å². The van der Waals surface area contributed by atoms with Crippen LogP contribution in [0.3, 0.4) is 0 Å². The molecule has 3 rings (SSSR count). The standard InChI is InChI=1S/C22H43NO.C15H12N2O2/c1-2-3-4-5-6-7-8-9-10-11-12-13-14-15-16-17-18-19-20-21-22(23)24;16-14(18)11-7-9-5-1-3-8-4-2-6-10(12(8)9)13(11)15(17)19/h9-10H,2-8,11-21H2,1H3,(H2,23,24);1-7,13H,(H2,16,18)(H2,17,19)/b10-9-;. The van der Waals surface area contributed by atoms with Gasteiger partial charge in [0.1, 0.15) is 0 Å². The van der Waals surface area contributed by atoms with E-state index < -0.39 is 17.7 Å². The summed E-state index contributed by atoms with van der Waals surface area (Å²) in [6, 6.07) is 11.4. The Morgan fingerprint density at radius 3 is 1.70 bits per heavy atom. The fraction of sp³-hybridized carbons (Fsp3) is 0.541. The maximum Gasteiger partial charge on any atom is 0.245 e. The highest BCUT2D eigenvalue weighted by Crippen LogP contribution is 2.38. The number of hydrogen-bond donors (Lipinski definition) is 3. The van der Waals surface area contributed by atoms with Crippen molar-refractivity contribution < 1.29 is 14.4 Å². The molecule has 2 aromatic carbocycles. The Morgan fingerprint density at radius 1 is 0.674 bits per heavy atom. The average Bonchev–Trinajstić information content (AvgIpc) is 2.98. The van der Waals surface area contributed by atoms with Gasteiger partial charge in [0.15, 0.2) is 0 Å². The van der Waals surface area contributed by atoms with Crippen LogP contribution in [0.2, 0.25) is 0 Å². The molecule has 0 fully saturated rings. The van der Waals surface area contributed by atoms with Gasteiger partial charge >= 0.3 is 0 Å². The molecule has 43 heavy (non-hydrogen) atoms. The van der Waals surface area contributed by atoms with Crippen molar-refractivity contribution in [2.45, 2.75) is 128 Å². The molecule has 6 heteroatoms. The van der Waals surface area contributed by atoms with Crippen LogP contribution in [0.1, 0.15) is 140 Å². The van der Waals surface area contributed by atoms with Crippen molar-refractivity contribution in [2.24, 2.45) is 17.2 Å². The van der Waals surface area contributed by atoms with Crippen LogP contribution in [0.15, 0.2) is 54.1 Å². The van der Waals surface area contributed by atoms with Crippen molar-refractivity contribution in [3.05, 3.63) is 65.3 Å². The third-order valence-corrected chi connectivity index (χ3v) is 8.16. The van der Waals surface area contributed by atoms with Gasteiger partial charge in [-0.15, -0.1) is 0 Å². The number of carbonyl (C=O) groups excluding carboxylic acids is 3. The van der Waals surface area contributed by atoms with Crippen molar-refractivity contribution in [3.8, 4) is 0 Å². The Bertz CT molecular complexity index is 1200. The van der Waals surface area contributed by atoms with Crippen LogP contribution < -0.4 is 17.2 Å². The van der Waals surface area contributed by atoms with Gasteiger partial charge in [-0.1, -0.05) is 133 Å². The Labute approximate surface area is 259 Å². The van der Waals surface area contributed by atoms with E-state index in [-0.39, 0.29) is 11.5 Å². The molecule has 1 unspecified atom stereocenters. The van der Waals surface area contributed by atoms with Crippen molar-refractivity contribution in [1.82, 2.24) is 0 Å². The fourth-order valence-corrected chi connectivity index (χ4v) is 5.78.